The van der Waals surface area contributed by atoms with Crippen molar-refractivity contribution in [1.29, 1.82) is 0 Å². The summed E-state index contributed by atoms with van der Waals surface area (Å²) in [4.78, 5) is 6.87. The Hall–Kier alpha value is -2.77. The fourth-order valence-electron chi connectivity index (χ4n) is 4.71. The minimum absolute atomic E-state index is 0.369. The van der Waals surface area contributed by atoms with E-state index in [4.69, 9.17) is 4.74 Å². The number of aromatic nitrogens is 3. The zero-order valence-corrected chi connectivity index (χ0v) is 19.5. The van der Waals surface area contributed by atoms with Crippen LogP contribution in [0.5, 0.6) is 5.75 Å². The molecule has 0 saturated carbocycles. The molecule has 1 atom stereocenters. The van der Waals surface area contributed by atoms with Crippen LogP contribution in [0.15, 0.2) is 29.3 Å². The van der Waals surface area contributed by atoms with Crippen LogP contribution in [0.25, 0.3) is 0 Å². The van der Waals surface area contributed by atoms with Crippen molar-refractivity contribution >= 4 is 11.6 Å². The molecule has 0 aliphatic carbocycles. The van der Waals surface area contributed by atoms with Crippen molar-refractivity contribution < 1.29 is 4.74 Å². The number of piperidine rings is 1. The van der Waals surface area contributed by atoms with E-state index < -0.39 is 0 Å². The van der Waals surface area contributed by atoms with Crippen molar-refractivity contribution in [1.82, 2.24) is 25.4 Å². The van der Waals surface area contributed by atoms with Crippen molar-refractivity contribution in [3.63, 3.8) is 0 Å². The van der Waals surface area contributed by atoms with Gasteiger partial charge in [-0.2, -0.15) is 0 Å². The van der Waals surface area contributed by atoms with Crippen LogP contribution in [-0.4, -0.2) is 60.6 Å². The van der Waals surface area contributed by atoms with E-state index in [0.717, 1.165) is 75.8 Å². The van der Waals surface area contributed by atoms with E-state index in [0.29, 0.717) is 6.04 Å². The molecule has 0 radical (unpaired) electrons. The number of hydrogen-bond donors (Lipinski definition) is 2. The first-order chi connectivity index (χ1) is 15.8. The molecule has 4 rings (SSSR count). The first-order valence-electron chi connectivity index (χ1n) is 12.0. The molecule has 0 amide bonds. The highest BCUT2D eigenvalue weighted by Crippen LogP contribution is 2.24. The predicted octanol–water partition coefficient (Wildman–Crippen LogP) is 2.78. The Bertz CT molecular complexity index is 894. The average molecular weight is 440 g/mol. The second-order valence-electron chi connectivity index (χ2n) is 8.73. The normalized spacial score (nSPS) is 19.2. The number of guanidine groups is 1. The second-order valence-corrected chi connectivity index (χ2v) is 8.73. The highest BCUT2D eigenvalue weighted by molar-refractivity contribution is 5.80. The lowest BCUT2D eigenvalue weighted by Crippen LogP contribution is -2.51. The highest BCUT2D eigenvalue weighted by Gasteiger charge is 2.21. The summed E-state index contributed by atoms with van der Waals surface area (Å²) in [6.45, 7) is 3.97. The molecular weight excluding hydrogens is 402 g/mol. The third-order valence-corrected chi connectivity index (χ3v) is 6.46. The van der Waals surface area contributed by atoms with Gasteiger partial charge in [-0.05, 0) is 44.2 Å². The molecule has 32 heavy (non-hydrogen) atoms. The van der Waals surface area contributed by atoms with Crippen LogP contribution in [0.1, 0.15) is 50.2 Å². The van der Waals surface area contributed by atoms with E-state index in [-0.39, 0.29) is 0 Å². The summed E-state index contributed by atoms with van der Waals surface area (Å²) in [5.41, 5.74) is 1.21. The van der Waals surface area contributed by atoms with E-state index in [9.17, 15) is 0 Å². The van der Waals surface area contributed by atoms with Gasteiger partial charge in [0.15, 0.2) is 5.96 Å². The molecule has 174 valence electrons. The summed E-state index contributed by atoms with van der Waals surface area (Å²) in [7, 11) is 3.56. The standard InChI is InChI=1S/C24H37N7O/c1-25-24(26-14-7-13-23-29-28-22-12-4-3-5-16-31(22)23)27-19-9-8-15-30(18-19)20-10-6-11-21(17-20)32-2/h6,10-11,17,19H,3-5,7-9,12-16,18H2,1-2H3,(H2,25,26,27). The lowest BCUT2D eigenvalue weighted by molar-refractivity contribution is 0.414. The van der Waals surface area contributed by atoms with E-state index in [1.54, 1.807) is 7.11 Å². The molecule has 2 aromatic rings. The molecule has 1 fully saturated rings. The van der Waals surface area contributed by atoms with Crippen molar-refractivity contribution in [2.75, 3.05) is 38.7 Å². The maximum Gasteiger partial charge on any atom is 0.191 e. The van der Waals surface area contributed by atoms with Gasteiger partial charge in [0.05, 0.1) is 7.11 Å². The van der Waals surface area contributed by atoms with E-state index in [1.807, 2.05) is 13.1 Å². The number of ether oxygens (including phenoxy) is 1. The Morgan fingerprint density at radius 3 is 3.00 bits per heavy atom. The van der Waals surface area contributed by atoms with Crippen LogP contribution in [0.4, 0.5) is 5.69 Å². The van der Waals surface area contributed by atoms with Crippen LogP contribution in [0, 0.1) is 0 Å². The largest absolute Gasteiger partial charge is 0.497 e. The van der Waals surface area contributed by atoms with Crippen LogP contribution in [0.3, 0.4) is 0 Å². The first-order valence-corrected chi connectivity index (χ1v) is 12.0. The molecule has 1 aromatic heterocycles. The fraction of sp³-hybridized carbons (Fsp3) is 0.625. The van der Waals surface area contributed by atoms with Gasteiger partial charge >= 0.3 is 0 Å². The van der Waals surface area contributed by atoms with Crippen LogP contribution in [-0.2, 0) is 19.4 Å². The summed E-state index contributed by atoms with van der Waals surface area (Å²) < 4.78 is 7.73. The Balaban J connectivity index is 1.23. The molecule has 2 aliphatic heterocycles. The van der Waals surface area contributed by atoms with Crippen molar-refractivity contribution in [3.8, 4) is 5.75 Å². The van der Waals surface area contributed by atoms with Gasteiger partial charge in [0.2, 0.25) is 0 Å². The summed E-state index contributed by atoms with van der Waals surface area (Å²) in [6.07, 6.45) is 9.10. The number of methoxy groups -OCH3 is 1. The number of fused-ring (bicyclic) bond motifs is 1. The van der Waals surface area contributed by atoms with Gasteiger partial charge < -0.3 is 24.8 Å². The summed E-state index contributed by atoms with van der Waals surface area (Å²) >= 11 is 0. The van der Waals surface area contributed by atoms with Crippen LogP contribution < -0.4 is 20.3 Å². The van der Waals surface area contributed by atoms with Crippen LogP contribution in [0.2, 0.25) is 0 Å². The smallest absolute Gasteiger partial charge is 0.191 e. The number of rotatable bonds is 7. The third kappa shape index (κ3) is 5.72. The minimum atomic E-state index is 0.369. The molecule has 1 unspecified atom stereocenters. The third-order valence-electron chi connectivity index (χ3n) is 6.46. The van der Waals surface area contributed by atoms with Crippen LogP contribution >= 0.6 is 0 Å². The Morgan fingerprint density at radius 2 is 2.12 bits per heavy atom. The second kappa shape index (κ2) is 11.2. The number of benzene rings is 1. The molecule has 1 aromatic carbocycles. The topological polar surface area (TPSA) is 79.6 Å². The molecule has 2 aliphatic rings. The lowest BCUT2D eigenvalue weighted by atomic mass is 10.0. The summed E-state index contributed by atoms with van der Waals surface area (Å²) in [5, 5.41) is 16.0. The summed E-state index contributed by atoms with van der Waals surface area (Å²) in [6, 6.07) is 8.68. The Kier molecular flexibility index (Phi) is 7.85. The molecule has 8 nitrogen and oxygen atoms in total. The van der Waals surface area contributed by atoms with Gasteiger partial charge in [-0.1, -0.05) is 12.5 Å². The highest BCUT2D eigenvalue weighted by atomic mass is 16.5. The molecule has 3 heterocycles. The Morgan fingerprint density at radius 1 is 1.19 bits per heavy atom. The number of hydrogen-bond acceptors (Lipinski definition) is 5. The maximum atomic E-state index is 5.39. The Labute approximate surface area is 191 Å². The van der Waals surface area contributed by atoms with Gasteiger partial charge in [-0.3, -0.25) is 4.99 Å². The summed E-state index contributed by atoms with van der Waals surface area (Å²) in [5.74, 6) is 4.08. The fourth-order valence-corrected chi connectivity index (χ4v) is 4.71. The van der Waals surface area contributed by atoms with E-state index in [1.165, 1.54) is 30.8 Å². The van der Waals surface area contributed by atoms with Gasteiger partial charge in [-0.25, -0.2) is 0 Å². The molecule has 8 heteroatoms. The number of aryl methyl sites for hydroxylation is 2. The number of aliphatic imine (C=N–C) groups is 1. The zero-order chi connectivity index (χ0) is 22.2. The minimum Gasteiger partial charge on any atom is -0.497 e. The molecular formula is C24H37N7O. The molecule has 0 bridgehead atoms. The average Bonchev–Trinajstić information content (AvgIpc) is 3.06. The lowest BCUT2D eigenvalue weighted by Gasteiger charge is -2.35. The predicted molar refractivity (Wildman–Crippen MR) is 129 cm³/mol. The molecule has 1 saturated heterocycles. The van der Waals surface area contributed by atoms with E-state index >= 15 is 0 Å². The first kappa shape index (κ1) is 22.4. The van der Waals surface area contributed by atoms with Gasteiger partial charge in [0.1, 0.15) is 17.4 Å². The maximum absolute atomic E-state index is 5.39. The van der Waals surface area contributed by atoms with Gasteiger partial charge in [0.25, 0.3) is 0 Å². The molecule has 0 spiro atoms. The number of nitrogens with one attached hydrogen (secondary N) is 2. The van der Waals surface area contributed by atoms with E-state index in [2.05, 4.69) is 53.5 Å². The number of anilines is 1. The van der Waals surface area contributed by atoms with Crippen molar-refractivity contribution in [2.45, 2.75) is 64.0 Å². The zero-order valence-electron chi connectivity index (χ0n) is 19.5. The molecule has 2 N–H and O–H groups in total. The van der Waals surface area contributed by atoms with Crippen molar-refractivity contribution in [2.24, 2.45) is 4.99 Å². The number of nitrogens with zero attached hydrogens (tertiary/aromatic N) is 5. The van der Waals surface area contributed by atoms with Gasteiger partial charge in [-0.15, -0.1) is 10.2 Å². The van der Waals surface area contributed by atoms with Crippen molar-refractivity contribution in [3.05, 3.63) is 35.9 Å². The quantitative estimate of drug-likeness (QED) is 0.392. The van der Waals surface area contributed by atoms with Gasteiger partial charge in [0, 0.05) is 63.9 Å². The monoisotopic (exact) mass is 439 g/mol. The SMILES string of the molecule is CN=C(NCCCc1nnc2n1CCCCC2)NC1CCCN(c2cccc(OC)c2)C1.